The Balaban J connectivity index is 2.61. The molecule has 1 rings (SSSR count). The van der Waals surface area contributed by atoms with Gasteiger partial charge in [-0.1, -0.05) is 6.92 Å². The first-order valence-electron chi connectivity index (χ1n) is 3.68. The highest BCUT2D eigenvalue weighted by Crippen LogP contribution is 2.28. The third-order valence-electron chi connectivity index (χ3n) is 2.25. The summed E-state index contributed by atoms with van der Waals surface area (Å²) in [5.74, 6) is 0. The minimum absolute atomic E-state index is 0.0787. The van der Waals surface area contributed by atoms with Crippen molar-refractivity contribution in [2.45, 2.75) is 31.5 Å². The fraction of sp³-hybridized carbons (Fsp3) is 1.00. The molecule has 10 heavy (non-hydrogen) atoms. The molecule has 3 heteroatoms. The second-order valence-electron chi connectivity index (χ2n) is 2.73. The van der Waals surface area contributed by atoms with E-state index in [2.05, 4.69) is 0 Å². The van der Waals surface area contributed by atoms with Crippen LogP contribution in [0.15, 0.2) is 0 Å². The predicted molar refractivity (Wildman–Crippen MR) is 36.7 cm³/mol. The molecule has 0 aromatic heterocycles. The molecule has 0 bridgehead atoms. The smallest absolute Gasteiger partial charge is 0.117 e. The number of hydrogen-bond acceptors (Lipinski definition) is 3. The summed E-state index contributed by atoms with van der Waals surface area (Å²) in [7, 11) is 0. The van der Waals surface area contributed by atoms with Crippen LogP contribution in [0.1, 0.15) is 19.8 Å². The molecule has 1 aliphatic rings. The zero-order valence-corrected chi connectivity index (χ0v) is 6.21. The van der Waals surface area contributed by atoms with Crippen LogP contribution in [0, 0.1) is 0 Å². The normalized spacial score (nSPS) is 40.5. The highest BCUT2D eigenvalue weighted by molar-refractivity contribution is 4.91. The minimum Gasteiger partial charge on any atom is -0.393 e. The van der Waals surface area contributed by atoms with Crippen molar-refractivity contribution in [3.8, 4) is 0 Å². The van der Waals surface area contributed by atoms with E-state index in [1.165, 1.54) is 0 Å². The third kappa shape index (κ3) is 1.05. The lowest BCUT2D eigenvalue weighted by atomic mass is 9.95. The van der Waals surface area contributed by atoms with Gasteiger partial charge >= 0.3 is 0 Å². The van der Waals surface area contributed by atoms with Crippen LogP contribution in [-0.2, 0) is 4.74 Å². The largest absolute Gasteiger partial charge is 0.393 e. The summed E-state index contributed by atoms with van der Waals surface area (Å²) < 4.78 is 5.25. The van der Waals surface area contributed by atoms with Gasteiger partial charge in [0.1, 0.15) is 5.60 Å². The van der Waals surface area contributed by atoms with Gasteiger partial charge in [0.25, 0.3) is 0 Å². The van der Waals surface area contributed by atoms with E-state index >= 15 is 0 Å². The first-order chi connectivity index (χ1) is 4.75. The maximum atomic E-state index is 9.35. The lowest BCUT2D eigenvalue weighted by Gasteiger charge is -2.27. The Labute approximate surface area is 60.6 Å². The summed E-state index contributed by atoms with van der Waals surface area (Å²) in [5, 5.41) is 18.3. The van der Waals surface area contributed by atoms with Crippen molar-refractivity contribution in [2.24, 2.45) is 0 Å². The van der Waals surface area contributed by atoms with E-state index < -0.39 is 11.7 Å². The van der Waals surface area contributed by atoms with E-state index in [0.29, 0.717) is 19.4 Å². The number of aliphatic hydroxyl groups is 2. The Hall–Kier alpha value is -0.120. The Kier molecular flexibility index (Phi) is 2.28. The Morgan fingerprint density at radius 1 is 1.70 bits per heavy atom. The maximum absolute atomic E-state index is 9.35. The van der Waals surface area contributed by atoms with Crippen LogP contribution in [0.5, 0.6) is 0 Å². The van der Waals surface area contributed by atoms with Gasteiger partial charge in [-0.2, -0.15) is 0 Å². The molecule has 0 aromatic carbocycles. The molecule has 2 N–H and O–H groups in total. The lowest BCUT2D eigenvalue weighted by molar-refractivity contribution is -0.0921. The molecule has 1 saturated heterocycles. The molecule has 1 aliphatic heterocycles. The first-order valence-corrected chi connectivity index (χ1v) is 3.68. The molecule has 0 aliphatic carbocycles. The summed E-state index contributed by atoms with van der Waals surface area (Å²) in [4.78, 5) is 0. The SMILES string of the molecule is CC[C@]1(CO)OCC[C@@H]1O. The Morgan fingerprint density at radius 3 is 2.60 bits per heavy atom. The van der Waals surface area contributed by atoms with Gasteiger partial charge in [0.05, 0.1) is 19.3 Å². The van der Waals surface area contributed by atoms with Crippen LogP contribution in [0.2, 0.25) is 0 Å². The van der Waals surface area contributed by atoms with Gasteiger partial charge in [0, 0.05) is 0 Å². The van der Waals surface area contributed by atoms with Crippen molar-refractivity contribution in [1.82, 2.24) is 0 Å². The summed E-state index contributed by atoms with van der Waals surface area (Å²) >= 11 is 0. The van der Waals surface area contributed by atoms with E-state index in [4.69, 9.17) is 9.84 Å². The maximum Gasteiger partial charge on any atom is 0.117 e. The van der Waals surface area contributed by atoms with Crippen LogP contribution in [-0.4, -0.2) is 35.1 Å². The highest BCUT2D eigenvalue weighted by Gasteiger charge is 2.41. The molecule has 1 heterocycles. The highest BCUT2D eigenvalue weighted by atomic mass is 16.5. The summed E-state index contributed by atoms with van der Waals surface area (Å²) in [6, 6.07) is 0. The molecule has 60 valence electrons. The summed E-state index contributed by atoms with van der Waals surface area (Å²) in [5.41, 5.74) is -0.653. The van der Waals surface area contributed by atoms with Crippen molar-refractivity contribution in [3.63, 3.8) is 0 Å². The second kappa shape index (κ2) is 2.86. The Bertz CT molecular complexity index is 109. The van der Waals surface area contributed by atoms with Gasteiger partial charge < -0.3 is 14.9 Å². The van der Waals surface area contributed by atoms with E-state index in [0.717, 1.165) is 0 Å². The molecule has 0 radical (unpaired) electrons. The average molecular weight is 146 g/mol. The first kappa shape index (κ1) is 7.98. The number of aliphatic hydroxyl groups excluding tert-OH is 2. The van der Waals surface area contributed by atoms with Crippen molar-refractivity contribution in [1.29, 1.82) is 0 Å². The monoisotopic (exact) mass is 146 g/mol. The zero-order valence-electron chi connectivity index (χ0n) is 6.21. The zero-order chi connectivity index (χ0) is 7.61. The van der Waals surface area contributed by atoms with Crippen LogP contribution in [0.25, 0.3) is 0 Å². The van der Waals surface area contributed by atoms with Crippen molar-refractivity contribution in [3.05, 3.63) is 0 Å². The molecule has 0 spiro atoms. The van der Waals surface area contributed by atoms with Gasteiger partial charge in [0.15, 0.2) is 0 Å². The van der Waals surface area contributed by atoms with E-state index in [1.807, 2.05) is 6.92 Å². The van der Waals surface area contributed by atoms with Crippen LogP contribution in [0.4, 0.5) is 0 Å². The van der Waals surface area contributed by atoms with Crippen molar-refractivity contribution < 1.29 is 14.9 Å². The summed E-state index contributed by atoms with van der Waals surface area (Å²) in [6.07, 6.45) is 0.835. The summed E-state index contributed by atoms with van der Waals surface area (Å²) in [6.45, 7) is 2.39. The standard InChI is InChI=1S/C7H14O3/c1-2-7(5-8)6(9)3-4-10-7/h6,8-9H,2-5H2,1H3/t6-,7+/m0/s1. The van der Waals surface area contributed by atoms with Crippen LogP contribution < -0.4 is 0 Å². The minimum atomic E-state index is -0.653. The molecule has 0 aromatic rings. The van der Waals surface area contributed by atoms with Gasteiger partial charge in [-0.05, 0) is 12.8 Å². The van der Waals surface area contributed by atoms with Crippen LogP contribution >= 0.6 is 0 Å². The van der Waals surface area contributed by atoms with E-state index in [-0.39, 0.29) is 6.61 Å². The average Bonchev–Trinajstić information content (AvgIpc) is 2.32. The third-order valence-corrected chi connectivity index (χ3v) is 2.25. The topological polar surface area (TPSA) is 49.7 Å². The fourth-order valence-electron chi connectivity index (χ4n) is 1.33. The second-order valence-corrected chi connectivity index (χ2v) is 2.73. The van der Waals surface area contributed by atoms with Gasteiger partial charge in [0.2, 0.25) is 0 Å². The van der Waals surface area contributed by atoms with Gasteiger partial charge in [-0.3, -0.25) is 0 Å². The van der Waals surface area contributed by atoms with Crippen LogP contribution in [0.3, 0.4) is 0 Å². The lowest BCUT2D eigenvalue weighted by Crippen LogP contribution is -2.42. The number of hydrogen-bond donors (Lipinski definition) is 2. The van der Waals surface area contributed by atoms with Gasteiger partial charge in [-0.15, -0.1) is 0 Å². The molecule has 0 unspecified atom stereocenters. The quantitative estimate of drug-likeness (QED) is 0.572. The molecule has 1 fully saturated rings. The van der Waals surface area contributed by atoms with E-state index in [1.54, 1.807) is 0 Å². The molecule has 0 amide bonds. The van der Waals surface area contributed by atoms with Gasteiger partial charge in [-0.25, -0.2) is 0 Å². The molecule has 3 nitrogen and oxygen atoms in total. The predicted octanol–water partition coefficient (Wildman–Crippen LogP) is -0.0913. The number of ether oxygens (including phenoxy) is 1. The fourth-order valence-corrected chi connectivity index (χ4v) is 1.33. The Morgan fingerprint density at radius 2 is 2.40 bits per heavy atom. The molecule has 2 atom stereocenters. The van der Waals surface area contributed by atoms with E-state index in [9.17, 15) is 5.11 Å². The number of rotatable bonds is 2. The van der Waals surface area contributed by atoms with Crippen molar-refractivity contribution in [2.75, 3.05) is 13.2 Å². The molecule has 0 saturated carbocycles. The molecular weight excluding hydrogens is 132 g/mol. The van der Waals surface area contributed by atoms with Crippen molar-refractivity contribution >= 4 is 0 Å². The molecular formula is C7H14O3.